The molecule has 1 atom stereocenters. The predicted octanol–water partition coefficient (Wildman–Crippen LogP) is 2.68. The van der Waals surface area contributed by atoms with E-state index in [-0.39, 0.29) is 12.0 Å². The molecule has 0 aliphatic heterocycles. The van der Waals surface area contributed by atoms with Crippen molar-refractivity contribution in [2.24, 2.45) is 5.92 Å². The molecule has 2 heteroatoms. The fourth-order valence-electron chi connectivity index (χ4n) is 1.59. The lowest BCUT2D eigenvalue weighted by molar-refractivity contribution is -0.110. The van der Waals surface area contributed by atoms with Gasteiger partial charge >= 0.3 is 0 Å². The molecule has 0 heterocycles. The fraction of sp³-hybridized carbons (Fsp3) is 0.727. The van der Waals surface area contributed by atoms with Crippen LogP contribution in [0.3, 0.4) is 0 Å². The van der Waals surface area contributed by atoms with Gasteiger partial charge in [0.2, 0.25) is 0 Å². The lowest BCUT2D eigenvalue weighted by Crippen LogP contribution is -2.12. The molecule has 1 aliphatic carbocycles. The van der Waals surface area contributed by atoms with Crippen LogP contribution in [0.1, 0.15) is 39.5 Å². The standard InChI is InChI=1S/C11H18O2/c1-9(2)13-8-11-6-4-3-5-10(11)7-12/h7-10H,3-6H2,1-2H3/b11-8+. The Labute approximate surface area is 80.0 Å². The Morgan fingerprint density at radius 2 is 2.23 bits per heavy atom. The van der Waals surface area contributed by atoms with Crippen LogP contribution in [0.25, 0.3) is 0 Å². The summed E-state index contributed by atoms with van der Waals surface area (Å²) in [5, 5.41) is 0. The van der Waals surface area contributed by atoms with Gasteiger partial charge in [-0.3, -0.25) is 0 Å². The van der Waals surface area contributed by atoms with E-state index in [0.29, 0.717) is 0 Å². The number of rotatable bonds is 3. The summed E-state index contributed by atoms with van der Waals surface area (Å²) in [6.45, 7) is 3.99. The first-order valence-corrected chi connectivity index (χ1v) is 5.03. The molecule has 1 unspecified atom stereocenters. The number of carbonyl (C=O) groups excluding carboxylic acids is 1. The van der Waals surface area contributed by atoms with E-state index in [2.05, 4.69) is 0 Å². The average molecular weight is 182 g/mol. The summed E-state index contributed by atoms with van der Waals surface area (Å²) in [4.78, 5) is 10.7. The van der Waals surface area contributed by atoms with Crippen LogP contribution in [0.5, 0.6) is 0 Å². The third kappa shape index (κ3) is 3.21. The van der Waals surface area contributed by atoms with Crippen LogP contribution in [0.2, 0.25) is 0 Å². The maximum atomic E-state index is 10.7. The first kappa shape index (κ1) is 10.3. The smallest absolute Gasteiger partial charge is 0.127 e. The van der Waals surface area contributed by atoms with Gasteiger partial charge in [0.15, 0.2) is 0 Å². The van der Waals surface area contributed by atoms with E-state index in [1.165, 1.54) is 18.4 Å². The lowest BCUT2D eigenvalue weighted by Gasteiger charge is -2.20. The molecule has 0 amide bonds. The summed E-state index contributed by atoms with van der Waals surface area (Å²) in [6, 6.07) is 0. The number of carbonyl (C=O) groups is 1. The first-order valence-electron chi connectivity index (χ1n) is 5.03. The van der Waals surface area contributed by atoms with Gasteiger partial charge in [0.25, 0.3) is 0 Å². The molecule has 1 fully saturated rings. The van der Waals surface area contributed by atoms with E-state index in [9.17, 15) is 4.79 Å². The summed E-state index contributed by atoms with van der Waals surface area (Å²) >= 11 is 0. The van der Waals surface area contributed by atoms with Crippen molar-refractivity contribution in [3.8, 4) is 0 Å². The molecule has 0 spiro atoms. The minimum absolute atomic E-state index is 0.118. The van der Waals surface area contributed by atoms with Gasteiger partial charge in [-0.05, 0) is 38.7 Å². The zero-order valence-electron chi connectivity index (χ0n) is 8.45. The van der Waals surface area contributed by atoms with Crippen LogP contribution in [-0.4, -0.2) is 12.4 Å². The quantitative estimate of drug-likeness (QED) is 0.495. The number of ether oxygens (including phenoxy) is 1. The molecule has 1 rings (SSSR count). The van der Waals surface area contributed by atoms with Crippen LogP contribution < -0.4 is 0 Å². The molecule has 0 radical (unpaired) electrons. The van der Waals surface area contributed by atoms with Crippen LogP contribution in [0, 0.1) is 5.92 Å². The highest BCUT2D eigenvalue weighted by molar-refractivity contribution is 5.59. The SMILES string of the molecule is CC(C)O/C=C1\CCCCC1C=O. The third-order valence-corrected chi connectivity index (χ3v) is 2.36. The van der Waals surface area contributed by atoms with E-state index in [0.717, 1.165) is 19.1 Å². The highest BCUT2D eigenvalue weighted by atomic mass is 16.5. The molecular weight excluding hydrogens is 164 g/mol. The van der Waals surface area contributed by atoms with Crippen molar-refractivity contribution < 1.29 is 9.53 Å². The van der Waals surface area contributed by atoms with Crippen LogP contribution in [-0.2, 0) is 9.53 Å². The Morgan fingerprint density at radius 3 is 2.85 bits per heavy atom. The van der Waals surface area contributed by atoms with Gasteiger partial charge in [0.05, 0.1) is 12.4 Å². The second-order valence-electron chi connectivity index (χ2n) is 3.87. The molecule has 0 aromatic heterocycles. The number of hydrogen-bond donors (Lipinski definition) is 0. The molecule has 0 saturated heterocycles. The summed E-state index contributed by atoms with van der Waals surface area (Å²) in [5.74, 6) is 0.118. The van der Waals surface area contributed by atoms with Crippen molar-refractivity contribution in [2.75, 3.05) is 0 Å². The Hall–Kier alpha value is -0.790. The van der Waals surface area contributed by atoms with Crippen LogP contribution >= 0.6 is 0 Å². The van der Waals surface area contributed by atoms with Gasteiger partial charge in [-0.25, -0.2) is 0 Å². The van der Waals surface area contributed by atoms with Gasteiger partial charge in [-0.1, -0.05) is 6.42 Å². The van der Waals surface area contributed by atoms with Crippen LogP contribution in [0.15, 0.2) is 11.8 Å². The molecule has 1 saturated carbocycles. The van der Waals surface area contributed by atoms with Crippen molar-refractivity contribution in [3.05, 3.63) is 11.8 Å². The van der Waals surface area contributed by atoms with Gasteiger partial charge < -0.3 is 9.53 Å². The Bertz CT molecular complexity index is 194. The van der Waals surface area contributed by atoms with Gasteiger partial charge in [0, 0.05) is 5.92 Å². The number of allylic oxidation sites excluding steroid dienone is 1. The fourth-order valence-corrected chi connectivity index (χ4v) is 1.59. The minimum atomic E-state index is 0.118. The zero-order valence-corrected chi connectivity index (χ0v) is 8.45. The molecule has 0 aromatic rings. The normalized spacial score (nSPS) is 26.4. The van der Waals surface area contributed by atoms with Gasteiger partial charge in [-0.15, -0.1) is 0 Å². The maximum Gasteiger partial charge on any atom is 0.127 e. The summed E-state index contributed by atoms with van der Waals surface area (Å²) < 4.78 is 5.39. The second-order valence-corrected chi connectivity index (χ2v) is 3.87. The summed E-state index contributed by atoms with van der Waals surface area (Å²) in [6.07, 6.45) is 7.44. The maximum absolute atomic E-state index is 10.7. The van der Waals surface area contributed by atoms with E-state index in [1.807, 2.05) is 13.8 Å². The van der Waals surface area contributed by atoms with Gasteiger partial charge in [-0.2, -0.15) is 0 Å². The molecule has 0 N–H and O–H groups in total. The van der Waals surface area contributed by atoms with Crippen molar-refractivity contribution in [3.63, 3.8) is 0 Å². The molecule has 13 heavy (non-hydrogen) atoms. The summed E-state index contributed by atoms with van der Waals surface area (Å²) in [7, 11) is 0. The Kier molecular flexibility index (Phi) is 4.00. The van der Waals surface area contributed by atoms with Crippen molar-refractivity contribution in [2.45, 2.75) is 45.6 Å². The van der Waals surface area contributed by atoms with Crippen molar-refractivity contribution in [1.82, 2.24) is 0 Å². The molecular formula is C11H18O2. The average Bonchev–Trinajstić information content (AvgIpc) is 2.15. The van der Waals surface area contributed by atoms with E-state index < -0.39 is 0 Å². The molecule has 0 bridgehead atoms. The van der Waals surface area contributed by atoms with Crippen molar-refractivity contribution in [1.29, 1.82) is 0 Å². The van der Waals surface area contributed by atoms with Crippen LogP contribution in [0.4, 0.5) is 0 Å². The van der Waals surface area contributed by atoms with E-state index in [1.54, 1.807) is 6.26 Å². The number of hydrogen-bond acceptors (Lipinski definition) is 2. The molecule has 74 valence electrons. The highest BCUT2D eigenvalue weighted by Gasteiger charge is 2.18. The second kappa shape index (κ2) is 5.05. The number of aldehydes is 1. The Morgan fingerprint density at radius 1 is 1.46 bits per heavy atom. The predicted molar refractivity (Wildman–Crippen MR) is 52.3 cm³/mol. The zero-order chi connectivity index (χ0) is 9.68. The Balaban J connectivity index is 2.53. The monoisotopic (exact) mass is 182 g/mol. The third-order valence-electron chi connectivity index (χ3n) is 2.36. The van der Waals surface area contributed by atoms with Crippen molar-refractivity contribution >= 4 is 6.29 Å². The highest BCUT2D eigenvalue weighted by Crippen LogP contribution is 2.27. The minimum Gasteiger partial charge on any atom is -0.499 e. The van der Waals surface area contributed by atoms with Gasteiger partial charge in [0.1, 0.15) is 6.29 Å². The topological polar surface area (TPSA) is 26.3 Å². The first-order chi connectivity index (χ1) is 6.24. The summed E-state index contributed by atoms with van der Waals surface area (Å²) in [5.41, 5.74) is 1.18. The molecule has 0 aromatic carbocycles. The van der Waals surface area contributed by atoms with E-state index >= 15 is 0 Å². The molecule has 2 nitrogen and oxygen atoms in total. The largest absolute Gasteiger partial charge is 0.499 e. The lowest BCUT2D eigenvalue weighted by atomic mass is 9.86. The molecule has 1 aliphatic rings. The van der Waals surface area contributed by atoms with E-state index in [4.69, 9.17) is 4.74 Å².